The average Bonchev–Trinajstić information content (AvgIpc) is 3.47. The quantitative estimate of drug-likeness (QED) is 0.485. The number of ether oxygens (including phenoxy) is 1. The maximum Gasteiger partial charge on any atom is 0.194 e. The highest BCUT2D eigenvalue weighted by Gasteiger charge is 2.41. The van der Waals surface area contributed by atoms with Gasteiger partial charge in [0.15, 0.2) is 5.96 Å². The molecule has 0 spiro atoms. The first-order chi connectivity index (χ1) is 16.2. The molecule has 2 aromatic carbocycles. The molecule has 0 aliphatic carbocycles. The SMILES string of the molecule is CN=C(NCc1ccccc1-n1ccc(C)n1)N1CC2OCCN(Cc3ccccc3)C2C1. The van der Waals surface area contributed by atoms with Gasteiger partial charge in [-0.25, -0.2) is 4.68 Å². The van der Waals surface area contributed by atoms with E-state index in [1.165, 1.54) is 11.1 Å². The molecule has 1 aromatic heterocycles. The summed E-state index contributed by atoms with van der Waals surface area (Å²) in [7, 11) is 1.86. The summed E-state index contributed by atoms with van der Waals surface area (Å²) in [5.74, 6) is 0.916. The second kappa shape index (κ2) is 9.77. The van der Waals surface area contributed by atoms with Crippen molar-refractivity contribution in [2.75, 3.05) is 33.3 Å². The minimum absolute atomic E-state index is 0.209. The number of aliphatic imine (C=N–C) groups is 1. The van der Waals surface area contributed by atoms with Crippen molar-refractivity contribution in [3.05, 3.63) is 83.7 Å². The lowest BCUT2D eigenvalue weighted by atomic mass is 10.1. The monoisotopic (exact) mass is 444 g/mol. The van der Waals surface area contributed by atoms with Crippen molar-refractivity contribution < 1.29 is 4.74 Å². The van der Waals surface area contributed by atoms with Crippen LogP contribution in [0, 0.1) is 6.92 Å². The lowest BCUT2D eigenvalue weighted by Gasteiger charge is -2.36. The summed E-state index contributed by atoms with van der Waals surface area (Å²) in [4.78, 5) is 9.49. The Bertz CT molecular complexity index is 1090. The summed E-state index contributed by atoms with van der Waals surface area (Å²) < 4.78 is 8.10. The molecule has 7 heteroatoms. The van der Waals surface area contributed by atoms with E-state index in [0.717, 1.165) is 50.1 Å². The molecule has 1 N–H and O–H groups in total. The molecule has 0 bridgehead atoms. The minimum atomic E-state index is 0.209. The van der Waals surface area contributed by atoms with Crippen molar-refractivity contribution in [1.29, 1.82) is 0 Å². The Kier molecular flexibility index (Phi) is 6.41. The van der Waals surface area contributed by atoms with Gasteiger partial charge in [0.05, 0.1) is 30.1 Å². The van der Waals surface area contributed by atoms with Crippen molar-refractivity contribution in [2.45, 2.75) is 32.2 Å². The molecule has 0 amide bonds. The number of aromatic nitrogens is 2. The predicted octanol–water partition coefficient (Wildman–Crippen LogP) is 2.84. The highest BCUT2D eigenvalue weighted by Crippen LogP contribution is 2.25. The number of aryl methyl sites for hydroxylation is 1. The average molecular weight is 445 g/mol. The van der Waals surface area contributed by atoms with Gasteiger partial charge in [0.1, 0.15) is 0 Å². The standard InChI is InChI=1S/C26H32N6O/c1-20-12-13-32(29-20)23-11-7-6-10-22(23)16-28-26(27-2)31-18-24-25(19-31)33-15-14-30(24)17-21-8-4-3-5-9-21/h3-13,24-25H,14-19H2,1-2H3,(H,27,28). The summed E-state index contributed by atoms with van der Waals surface area (Å²) in [6.45, 7) is 7.17. The summed E-state index contributed by atoms with van der Waals surface area (Å²) >= 11 is 0. The van der Waals surface area contributed by atoms with Crippen LogP contribution in [0.5, 0.6) is 0 Å². The third-order valence-corrected chi connectivity index (χ3v) is 6.55. The van der Waals surface area contributed by atoms with Gasteiger partial charge < -0.3 is 15.0 Å². The third kappa shape index (κ3) is 4.79. The maximum absolute atomic E-state index is 6.16. The van der Waals surface area contributed by atoms with E-state index in [9.17, 15) is 0 Å². The number of benzene rings is 2. The smallest absolute Gasteiger partial charge is 0.194 e. The second-order valence-corrected chi connectivity index (χ2v) is 8.77. The fourth-order valence-corrected chi connectivity index (χ4v) is 4.89. The number of guanidine groups is 1. The van der Waals surface area contributed by atoms with Crippen LogP contribution in [0.1, 0.15) is 16.8 Å². The number of para-hydroxylation sites is 1. The molecule has 2 unspecified atom stereocenters. The van der Waals surface area contributed by atoms with Crippen LogP contribution in [0.25, 0.3) is 5.69 Å². The van der Waals surface area contributed by atoms with E-state index in [-0.39, 0.29) is 6.10 Å². The predicted molar refractivity (Wildman–Crippen MR) is 130 cm³/mol. The first-order valence-electron chi connectivity index (χ1n) is 11.7. The van der Waals surface area contributed by atoms with E-state index in [0.29, 0.717) is 12.6 Å². The highest BCUT2D eigenvalue weighted by atomic mass is 16.5. The zero-order valence-electron chi connectivity index (χ0n) is 19.4. The maximum atomic E-state index is 6.16. The number of nitrogens with one attached hydrogen (secondary N) is 1. The van der Waals surface area contributed by atoms with Crippen molar-refractivity contribution in [3.8, 4) is 5.69 Å². The molecule has 33 heavy (non-hydrogen) atoms. The van der Waals surface area contributed by atoms with E-state index in [2.05, 4.69) is 79.8 Å². The first kappa shape index (κ1) is 21.7. The fourth-order valence-electron chi connectivity index (χ4n) is 4.89. The second-order valence-electron chi connectivity index (χ2n) is 8.77. The Labute approximate surface area is 195 Å². The van der Waals surface area contributed by atoms with Crippen LogP contribution < -0.4 is 5.32 Å². The molecule has 5 rings (SSSR count). The van der Waals surface area contributed by atoms with Crippen molar-refractivity contribution in [3.63, 3.8) is 0 Å². The van der Waals surface area contributed by atoms with Gasteiger partial charge >= 0.3 is 0 Å². The zero-order valence-corrected chi connectivity index (χ0v) is 19.4. The molecular weight excluding hydrogens is 412 g/mol. The molecule has 2 aliphatic rings. The van der Waals surface area contributed by atoms with Gasteiger partial charge in [-0.15, -0.1) is 0 Å². The largest absolute Gasteiger partial charge is 0.373 e. The first-order valence-corrected chi connectivity index (χ1v) is 11.7. The molecule has 7 nitrogen and oxygen atoms in total. The number of hydrogen-bond acceptors (Lipinski definition) is 4. The number of likely N-dealkylation sites (tertiary alicyclic amines) is 1. The van der Waals surface area contributed by atoms with Crippen LogP contribution in [0.3, 0.4) is 0 Å². The normalized spacial score (nSPS) is 21.3. The van der Waals surface area contributed by atoms with Gasteiger partial charge in [0.25, 0.3) is 0 Å². The van der Waals surface area contributed by atoms with Crippen LogP contribution in [-0.4, -0.2) is 71.0 Å². The Morgan fingerprint density at radius 1 is 1.09 bits per heavy atom. The van der Waals surface area contributed by atoms with Crippen molar-refractivity contribution in [1.82, 2.24) is 24.9 Å². The summed E-state index contributed by atoms with van der Waals surface area (Å²) in [6, 6.07) is 21.5. The molecule has 3 heterocycles. The number of nitrogens with zero attached hydrogens (tertiary/aromatic N) is 5. The molecule has 3 aromatic rings. The number of rotatable bonds is 5. The molecule has 0 radical (unpaired) electrons. The number of morpholine rings is 1. The number of fused-ring (bicyclic) bond motifs is 1. The minimum Gasteiger partial charge on any atom is -0.373 e. The van der Waals surface area contributed by atoms with Crippen molar-refractivity contribution >= 4 is 5.96 Å². The Morgan fingerprint density at radius 3 is 2.70 bits per heavy atom. The summed E-state index contributed by atoms with van der Waals surface area (Å²) in [5.41, 5.74) is 4.62. The third-order valence-electron chi connectivity index (χ3n) is 6.55. The Morgan fingerprint density at radius 2 is 1.91 bits per heavy atom. The molecule has 2 aliphatic heterocycles. The zero-order chi connectivity index (χ0) is 22.6. The molecule has 2 atom stereocenters. The van der Waals surface area contributed by atoms with Gasteiger partial charge in [-0.05, 0) is 30.2 Å². The van der Waals surface area contributed by atoms with Gasteiger partial charge in [-0.2, -0.15) is 5.10 Å². The fraction of sp³-hybridized carbons (Fsp3) is 0.385. The molecule has 2 fully saturated rings. The van der Waals surface area contributed by atoms with Gasteiger partial charge in [-0.3, -0.25) is 9.89 Å². The van der Waals surface area contributed by atoms with Crippen molar-refractivity contribution in [2.24, 2.45) is 4.99 Å². The van der Waals surface area contributed by atoms with Crippen LogP contribution in [0.4, 0.5) is 0 Å². The van der Waals surface area contributed by atoms with E-state index >= 15 is 0 Å². The number of hydrogen-bond donors (Lipinski definition) is 1. The van der Waals surface area contributed by atoms with E-state index < -0.39 is 0 Å². The molecular formula is C26H32N6O. The summed E-state index contributed by atoms with van der Waals surface area (Å²) in [5, 5.41) is 8.16. The lowest BCUT2D eigenvalue weighted by Crippen LogP contribution is -2.50. The van der Waals surface area contributed by atoms with Gasteiger partial charge in [0.2, 0.25) is 0 Å². The van der Waals surface area contributed by atoms with Gasteiger partial charge in [-0.1, -0.05) is 48.5 Å². The Balaban J connectivity index is 1.26. The van der Waals surface area contributed by atoms with E-state index in [1.54, 1.807) is 0 Å². The van der Waals surface area contributed by atoms with E-state index in [4.69, 9.17) is 4.74 Å². The lowest BCUT2D eigenvalue weighted by molar-refractivity contribution is -0.0502. The molecule has 0 saturated carbocycles. The van der Waals surface area contributed by atoms with E-state index in [1.807, 2.05) is 30.9 Å². The molecule has 2 saturated heterocycles. The van der Waals surface area contributed by atoms with Gasteiger partial charge in [0, 0.05) is 46.0 Å². The van der Waals surface area contributed by atoms with Crippen LogP contribution in [-0.2, 0) is 17.8 Å². The van der Waals surface area contributed by atoms with Crippen LogP contribution in [0.15, 0.2) is 71.9 Å². The molecule has 172 valence electrons. The Hall–Kier alpha value is -3.16. The van der Waals surface area contributed by atoms with Crippen LogP contribution in [0.2, 0.25) is 0 Å². The van der Waals surface area contributed by atoms with Crippen LogP contribution >= 0.6 is 0 Å². The topological polar surface area (TPSA) is 57.9 Å². The highest BCUT2D eigenvalue weighted by molar-refractivity contribution is 5.80. The summed E-state index contributed by atoms with van der Waals surface area (Å²) in [6.07, 6.45) is 2.22.